The monoisotopic (exact) mass is 574 g/mol. The zero-order chi connectivity index (χ0) is 27.2. The Labute approximate surface area is 237 Å². The van der Waals surface area contributed by atoms with Crippen LogP contribution in [0.5, 0.6) is 5.75 Å². The minimum Gasteiger partial charge on any atom is -0.489 e. The Morgan fingerprint density at radius 1 is 1.10 bits per heavy atom. The summed E-state index contributed by atoms with van der Waals surface area (Å²) in [5.41, 5.74) is 5.86. The van der Waals surface area contributed by atoms with E-state index in [-0.39, 0.29) is 17.2 Å². The third kappa shape index (κ3) is 6.57. The average molecular weight is 575 g/mol. The van der Waals surface area contributed by atoms with E-state index in [0.29, 0.717) is 32.8 Å². The highest BCUT2D eigenvalue weighted by Crippen LogP contribution is 2.35. The van der Waals surface area contributed by atoms with Crippen molar-refractivity contribution in [2.45, 2.75) is 18.7 Å². The van der Waals surface area contributed by atoms with Crippen molar-refractivity contribution in [3.05, 3.63) is 110 Å². The first-order valence-corrected chi connectivity index (χ1v) is 14.2. The number of aryl methyl sites for hydroxylation is 1. The number of aromatic amines is 1. The molecule has 0 aliphatic carbocycles. The third-order valence-corrected chi connectivity index (χ3v) is 8.00. The molecule has 0 aliphatic rings. The Morgan fingerprint density at radius 2 is 1.85 bits per heavy atom. The van der Waals surface area contributed by atoms with Crippen LogP contribution in [0.4, 0.5) is 0 Å². The maximum absolute atomic E-state index is 12.9. The lowest BCUT2D eigenvalue weighted by atomic mass is 10.0. The van der Waals surface area contributed by atoms with E-state index in [4.69, 9.17) is 16.3 Å². The summed E-state index contributed by atoms with van der Waals surface area (Å²) in [7, 11) is 0. The summed E-state index contributed by atoms with van der Waals surface area (Å²) in [5, 5.41) is 5.64. The van der Waals surface area contributed by atoms with Crippen molar-refractivity contribution in [1.82, 2.24) is 15.4 Å². The van der Waals surface area contributed by atoms with E-state index in [1.165, 1.54) is 11.3 Å². The summed E-state index contributed by atoms with van der Waals surface area (Å²) in [6.07, 6.45) is 1.55. The number of thiophene rings is 1. The summed E-state index contributed by atoms with van der Waals surface area (Å²) in [6.45, 7) is 2.35. The molecule has 2 N–H and O–H groups in total. The number of ether oxygens (including phenoxy) is 1. The van der Waals surface area contributed by atoms with E-state index in [2.05, 4.69) is 20.5 Å². The highest BCUT2D eigenvalue weighted by molar-refractivity contribution is 7.99. The maximum Gasteiger partial charge on any atom is 0.260 e. The molecule has 0 bridgehead atoms. The molecule has 0 spiro atoms. The molecule has 0 saturated carbocycles. The van der Waals surface area contributed by atoms with Gasteiger partial charge < -0.3 is 9.72 Å². The first-order valence-electron chi connectivity index (χ1n) is 12.0. The highest BCUT2D eigenvalue weighted by atomic mass is 35.5. The molecular weight excluding hydrogens is 552 g/mol. The molecule has 5 rings (SSSR count). The van der Waals surface area contributed by atoms with E-state index in [1.807, 2.05) is 85.8 Å². The van der Waals surface area contributed by atoms with Crippen LogP contribution in [-0.4, -0.2) is 27.8 Å². The lowest BCUT2D eigenvalue weighted by Crippen LogP contribution is -2.20. The molecule has 0 saturated heterocycles. The second kappa shape index (κ2) is 12.3. The highest BCUT2D eigenvalue weighted by Gasteiger charge is 2.17. The van der Waals surface area contributed by atoms with E-state index in [1.54, 1.807) is 6.21 Å². The van der Waals surface area contributed by atoms with Crippen molar-refractivity contribution in [3.8, 4) is 16.9 Å². The SMILES string of the molecule is Cc1sc2nc(SCC(=O)N/N=C/c3ccc(OCc4ccccc4Cl)cc3)[nH]c(=O)c2c1-c1ccccc1. The summed E-state index contributed by atoms with van der Waals surface area (Å²) in [4.78, 5) is 34.2. The second-order valence-electron chi connectivity index (χ2n) is 8.48. The predicted molar refractivity (Wildman–Crippen MR) is 159 cm³/mol. The number of fused-ring (bicyclic) bond motifs is 1. The average Bonchev–Trinajstić information content (AvgIpc) is 3.29. The van der Waals surface area contributed by atoms with Gasteiger partial charge in [-0.25, -0.2) is 10.4 Å². The molecule has 10 heteroatoms. The molecule has 0 radical (unpaired) electrons. The molecule has 5 aromatic rings. The quantitative estimate of drug-likeness (QED) is 0.0914. The molecule has 0 aliphatic heterocycles. The van der Waals surface area contributed by atoms with Crippen molar-refractivity contribution < 1.29 is 9.53 Å². The number of hydrogen-bond acceptors (Lipinski definition) is 7. The van der Waals surface area contributed by atoms with Crippen molar-refractivity contribution >= 4 is 57.0 Å². The van der Waals surface area contributed by atoms with Gasteiger partial charge in [0.25, 0.3) is 11.5 Å². The molecule has 1 amide bonds. The van der Waals surface area contributed by atoms with E-state index >= 15 is 0 Å². The molecule has 39 heavy (non-hydrogen) atoms. The minimum atomic E-state index is -0.314. The smallest absolute Gasteiger partial charge is 0.260 e. The molecule has 7 nitrogen and oxygen atoms in total. The topological polar surface area (TPSA) is 96.4 Å². The van der Waals surface area contributed by atoms with Gasteiger partial charge in [-0.15, -0.1) is 11.3 Å². The Hall–Kier alpha value is -3.92. The van der Waals surface area contributed by atoms with Crippen LogP contribution in [0.3, 0.4) is 0 Å². The summed E-state index contributed by atoms with van der Waals surface area (Å²) >= 11 is 8.78. The number of H-pyrrole nitrogens is 1. The Balaban J connectivity index is 1.15. The van der Waals surface area contributed by atoms with Crippen molar-refractivity contribution in [1.29, 1.82) is 0 Å². The number of carbonyl (C=O) groups is 1. The number of hydrogen-bond donors (Lipinski definition) is 2. The number of benzene rings is 3. The standard InChI is InChI=1S/C29H23ClN4O3S2/c1-18-25(20-7-3-2-4-8-20)26-27(36)32-29(33-28(26)39-18)38-17-24(35)34-31-15-19-11-13-22(14-12-19)37-16-21-9-5-6-10-23(21)30/h2-15H,16-17H2,1H3,(H,34,35)(H,32,33,36)/b31-15+. The van der Waals surface area contributed by atoms with Gasteiger partial charge in [-0.1, -0.05) is 71.9 Å². The molecule has 0 atom stereocenters. The molecule has 0 fully saturated rings. The van der Waals surface area contributed by atoms with E-state index in [9.17, 15) is 9.59 Å². The van der Waals surface area contributed by atoms with Crippen LogP contribution in [0, 0.1) is 6.92 Å². The zero-order valence-corrected chi connectivity index (χ0v) is 23.2. The van der Waals surface area contributed by atoms with Crippen LogP contribution < -0.4 is 15.7 Å². The number of halogens is 1. The van der Waals surface area contributed by atoms with Crippen LogP contribution in [0.1, 0.15) is 16.0 Å². The lowest BCUT2D eigenvalue weighted by Gasteiger charge is -2.07. The summed E-state index contributed by atoms with van der Waals surface area (Å²) < 4.78 is 5.78. The van der Waals surface area contributed by atoms with Gasteiger partial charge in [0.05, 0.1) is 17.4 Å². The number of nitrogens with zero attached hydrogens (tertiary/aromatic N) is 2. The van der Waals surface area contributed by atoms with Gasteiger partial charge in [0, 0.05) is 21.0 Å². The van der Waals surface area contributed by atoms with Crippen molar-refractivity contribution in [3.63, 3.8) is 0 Å². The number of carbonyl (C=O) groups excluding carboxylic acids is 1. The van der Waals surface area contributed by atoms with Gasteiger partial charge in [0.2, 0.25) is 0 Å². The fourth-order valence-corrected chi connectivity index (χ4v) is 5.84. The number of amides is 1. The van der Waals surface area contributed by atoms with Gasteiger partial charge in [-0.2, -0.15) is 5.10 Å². The van der Waals surface area contributed by atoms with E-state index in [0.717, 1.165) is 38.9 Å². The zero-order valence-electron chi connectivity index (χ0n) is 20.8. The minimum absolute atomic E-state index is 0.0521. The number of aromatic nitrogens is 2. The van der Waals surface area contributed by atoms with Gasteiger partial charge in [-0.05, 0) is 48.4 Å². The van der Waals surface area contributed by atoms with Crippen molar-refractivity contribution in [2.75, 3.05) is 5.75 Å². The van der Waals surface area contributed by atoms with Crippen LogP contribution in [0.15, 0.2) is 93.9 Å². The molecule has 2 heterocycles. The number of hydrazone groups is 1. The van der Waals surface area contributed by atoms with Crippen LogP contribution in [-0.2, 0) is 11.4 Å². The number of nitrogens with one attached hydrogen (secondary N) is 2. The normalized spacial score (nSPS) is 11.2. The Bertz CT molecular complexity index is 1700. The fraction of sp³-hybridized carbons (Fsp3) is 0.103. The maximum atomic E-state index is 12.9. The largest absolute Gasteiger partial charge is 0.489 e. The van der Waals surface area contributed by atoms with Gasteiger partial charge >= 0.3 is 0 Å². The first kappa shape index (κ1) is 26.7. The molecule has 0 unspecified atom stereocenters. The van der Waals surface area contributed by atoms with E-state index < -0.39 is 0 Å². The lowest BCUT2D eigenvalue weighted by molar-refractivity contribution is -0.118. The van der Waals surface area contributed by atoms with Gasteiger partial charge in [-0.3, -0.25) is 9.59 Å². The molecule has 2 aromatic heterocycles. The number of thioether (sulfide) groups is 1. The molecule has 196 valence electrons. The van der Waals surface area contributed by atoms with Crippen molar-refractivity contribution in [2.24, 2.45) is 5.10 Å². The Kier molecular flexibility index (Phi) is 8.41. The van der Waals surface area contributed by atoms with Gasteiger partial charge in [0.1, 0.15) is 17.2 Å². The Morgan fingerprint density at radius 3 is 2.62 bits per heavy atom. The summed E-state index contributed by atoms with van der Waals surface area (Å²) in [5.74, 6) is 0.435. The van der Waals surface area contributed by atoms with Crippen LogP contribution >= 0.6 is 34.7 Å². The van der Waals surface area contributed by atoms with Gasteiger partial charge in [0.15, 0.2) is 5.16 Å². The second-order valence-corrected chi connectivity index (χ2v) is 11.1. The predicted octanol–water partition coefficient (Wildman–Crippen LogP) is 6.43. The fourth-order valence-electron chi connectivity index (χ4n) is 3.89. The first-order chi connectivity index (χ1) is 19.0. The summed E-state index contributed by atoms with van der Waals surface area (Å²) in [6, 6.07) is 24.6. The third-order valence-electron chi connectivity index (χ3n) is 5.75. The molecule has 3 aromatic carbocycles. The van der Waals surface area contributed by atoms with Crippen LogP contribution in [0.2, 0.25) is 5.02 Å². The van der Waals surface area contributed by atoms with Crippen LogP contribution in [0.25, 0.3) is 21.3 Å². The number of rotatable bonds is 9. The molecular formula is C29H23ClN4O3S2.